The Bertz CT molecular complexity index is 869. The van der Waals surface area contributed by atoms with Crippen LogP contribution in [0, 0.1) is 26.7 Å². The molecule has 0 fully saturated rings. The molecule has 2 rings (SSSR count). The Morgan fingerprint density at radius 2 is 1.78 bits per heavy atom. The monoisotopic (exact) mass is 395 g/mol. The zero-order chi connectivity index (χ0) is 20.5. The Hall–Kier alpha value is -2.35. The van der Waals surface area contributed by atoms with E-state index in [1.54, 1.807) is 30.3 Å². The van der Waals surface area contributed by atoms with Crippen LogP contribution in [0.15, 0.2) is 0 Å². The maximum absolute atomic E-state index is 12.5. The minimum absolute atomic E-state index is 0.186. The van der Waals surface area contributed by atoms with E-state index in [1.807, 2.05) is 20.8 Å². The van der Waals surface area contributed by atoms with Crippen LogP contribution in [-0.4, -0.2) is 37.5 Å². The van der Waals surface area contributed by atoms with Crippen LogP contribution in [0.1, 0.15) is 48.2 Å². The summed E-state index contributed by atoms with van der Waals surface area (Å²) in [5, 5.41) is 11.5. The van der Waals surface area contributed by atoms with Gasteiger partial charge in [-0.2, -0.15) is 10.2 Å². The van der Waals surface area contributed by atoms with Gasteiger partial charge in [-0.25, -0.2) is 4.79 Å². The van der Waals surface area contributed by atoms with Crippen LogP contribution in [0.5, 0.6) is 0 Å². The molecule has 27 heavy (non-hydrogen) atoms. The summed E-state index contributed by atoms with van der Waals surface area (Å²) in [4.78, 5) is 25.0. The van der Waals surface area contributed by atoms with E-state index < -0.39 is 18.0 Å². The molecule has 1 N–H and O–H groups in total. The van der Waals surface area contributed by atoms with E-state index in [-0.39, 0.29) is 10.7 Å². The van der Waals surface area contributed by atoms with Crippen molar-refractivity contribution in [2.75, 3.05) is 5.32 Å². The van der Waals surface area contributed by atoms with Gasteiger partial charge in [0.05, 0.1) is 22.8 Å². The van der Waals surface area contributed by atoms with Crippen LogP contribution in [0.4, 0.5) is 5.69 Å². The smallest absolute Gasteiger partial charge is 0.343 e. The van der Waals surface area contributed by atoms with Gasteiger partial charge in [-0.1, -0.05) is 25.4 Å². The largest absolute Gasteiger partial charge is 0.449 e. The fourth-order valence-corrected chi connectivity index (χ4v) is 3.03. The fourth-order valence-electron chi connectivity index (χ4n) is 2.70. The number of hydrogen-bond acceptors (Lipinski definition) is 5. The second-order valence-electron chi connectivity index (χ2n) is 7.03. The Labute approximate surface area is 163 Å². The van der Waals surface area contributed by atoms with E-state index in [4.69, 9.17) is 16.3 Å². The summed E-state index contributed by atoms with van der Waals surface area (Å²) < 4.78 is 8.57. The minimum atomic E-state index is -1.000. The summed E-state index contributed by atoms with van der Waals surface area (Å²) in [5.41, 5.74) is 2.77. The highest BCUT2D eigenvalue weighted by molar-refractivity contribution is 6.32. The van der Waals surface area contributed by atoms with Gasteiger partial charge in [0.2, 0.25) is 0 Å². The summed E-state index contributed by atoms with van der Waals surface area (Å²) >= 11 is 6.29. The number of carbonyl (C=O) groups excluding carboxylic acids is 2. The number of anilines is 1. The third-order valence-corrected chi connectivity index (χ3v) is 4.60. The summed E-state index contributed by atoms with van der Waals surface area (Å²) in [6, 6.07) is 0. The molecule has 0 spiro atoms. The number of nitrogens with zero attached hydrogens (tertiary/aromatic N) is 4. The lowest BCUT2D eigenvalue weighted by Gasteiger charge is -2.14. The van der Waals surface area contributed by atoms with Gasteiger partial charge in [0.1, 0.15) is 10.7 Å². The van der Waals surface area contributed by atoms with Gasteiger partial charge in [0.25, 0.3) is 5.91 Å². The summed E-state index contributed by atoms with van der Waals surface area (Å²) in [7, 11) is 1.79. The van der Waals surface area contributed by atoms with Crippen molar-refractivity contribution in [3.05, 3.63) is 27.8 Å². The van der Waals surface area contributed by atoms with Gasteiger partial charge < -0.3 is 10.1 Å². The highest BCUT2D eigenvalue weighted by atomic mass is 35.5. The van der Waals surface area contributed by atoms with Gasteiger partial charge >= 0.3 is 5.97 Å². The van der Waals surface area contributed by atoms with Crippen LogP contribution >= 0.6 is 11.6 Å². The van der Waals surface area contributed by atoms with Crippen molar-refractivity contribution in [1.29, 1.82) is 0 Å². The molecule has 148 valence electrons. The molecule has 2 aromatic rings. The van der Waals surface area contributed by atoms with Crippen molar-refractivity contribution in [3.8, 4) is 0 Å². The first-order valence-corrected chi connectivity index (χ1v) is 9.15. The molecular weight excluding hydrogens is 370 g/mol. The third kappa shape index (κ3) is 4.50. The molecular formula is C18H26ClN5O3. The maximum atomic E-state index is 12.5. The molecule has 2 aromatic heterocycles. The van der Waals surface area contributed by atoms with Gasteiger partial charge in [-0.15, -0.1) is 0 Å². The van der Waals surface area contributed by atoms with E-state index in [9.17, 15) is 9.59 Å². The molecule has 2 heterocycles. The Morgan fingerprint density at radius 3 is 2.30 bits per heavy atom. The van der Waals surface area contributed by atoms with Crippen LogP contribution < -0.4 is 5.32 Å². The molecule has 0 aromatic carbocycles. The van der Waals surface area contributed by atoms with Crippen molar-refractivity contribution in [2.45, 2.75) is 54.2 Å². The van der Waals surface area contributed by atoms with Gasteiger partial charge in [0, 0.05) is 13.6 Å². The van der Waals surface area contributed by atoms with Crippen molar-refractivity contribution in [2.24, 2.45) is 13.0 Å². The highest BCUT2D eigenvalue weighted by Crippen LogP contribution is 2.23. The molecule has 0 saturated carbocycles. The van der Waals surface area contributed by atoms with Crippen molar-refractivity contribution < 1.29 is 14.3 Å². The second-order valence-corrected chi connectivity index (χ2v) is 7.39. The molecule has 0 aliphatic heterocycles. The first-order chi connectivity index (χ1) is 12.5. The van der Waals surface area contributed by atoms with Gasteiger partial charge in [0.15, 0.2) is 6.10 Å². The van der Waals surface area contributed by atoms with Crippen LogP contribution in [0.2, 0.25) is 5.15 Å². The lowest BCUT2D eigenvalue weighted by molar-refractivity contribution is -0.123. The lowest BCUT2D eigenvalue weighted by atomic mass is 10.2. The first kappa shape index (κ1) is 21.0. The first-order valence-electron chi connectivity index (χ1n) is 8.77. The second kappa shape index (κ2) is 8.12. The quantitative estimate of drug-likeness (QED) is 0.759. The van der Waals surface area contributed by atoms with Gasteiger partial charge in [-0.05, 0) is 33.6 Å². The number of ether oxygens (including phenoxy) is 1. The number of hydrogen-bond donors (Lipinski definition) is 1. The van der Waals surface area contributed by atoms with E-state index in [1.165, 1.54) is 6.92 Å². The standard InChI is InChI=1S/C18H26ClN5O3/c1-9(2)8-24-16(19)14(10(3)22-24)18(26)27-13(6)17(25)20-15-11(4)21-23(7)12(15)5/h9,13H,8H2,1-7H3,(H,20,25)/t13-/m0/s1. The number of nitrogens with one attached hydrogen (secondary N) is 1. The molecule has 1 amide bonds. The predicted octanol–water partition coefficient (Wildman–Crippen LogP) is 3.04. The third-order valence-electron chi connectivity index (χ3n) is 4.22. The number of rotatable bonds is 6. The van der Waals surface area contributed by atoms with Gasteiger partial charge in [-0.3, -0.25) is 14.2 Å². The summed E-state index contributed by atoms with van der Waals surface area (Å²) in [5.74, 6) is -0.790. The fraction of sp³-hybridized carbons (Fsp3) is 0.556. The SMILES string of the molecule is Cc1nn(C)c(C)c1NC(=O)[C@H](C)OC(=O)c1c(C)nn(CC(C)C)c1Cl. The number of aromatic nitrogens is 4. The lowest BCUT2D eigenvalue weighted by Crippen LogP contribution is -2.30. The number of esters is 1. The molecule has 0 aliphatic rings. The number of halogens is 1. The van der Waals surface area contributed by atoms with Crippen LogP contribution in [0.25, 0.3) is 0 Å². The molecule has 0 unspecified atom stereocenters. The molecule has 0 aliphatic carbocycles. The Kier molecular flexibility index (Phi) is 6.30. The summed E-state index contributed by atoms with van der Waals surface area (Å²) in [6.07, 6.45) is -1.000. The van der Waals surface area contributed by atoms with Crippen molar-refractivity contribution in [3.63, 3.8) is 0 Å². The topological polar surface area (TPSA) is 91.0 Å². The van der Waals surface area contributed by atoms with E-state index >= 15 is 0 Å². The summed E-state index contributed by atoms with van der Waals surface area (Å²) in [6.45, 7) is 11.5. The van der Waals surface area contributed by atoms with E-state index in [0.29, 0.717) is 29.5 Å². The normalized spacial score (nSPS) is 12.3. The Morgan fingerprint density at radius 1 is 1.15 bits per heavy atom. The number of amides is 1. The minimum Gasteiger partial charge on any atom is -0.449 e. The molecule has 8 nitrogen and oxygen atoms in total. The van der Waals surface area contributed by atoms with Crippen molar-refractivity contribution >= 4 is 29.2 Å². The molecule has 1 atom stereocenters. The predicted molar refractivity (Wildman–Crippen MR) is 103 cm³/mol. The average molecular weight is 396 g/mol. The number of carbonyl (C=O) groups is 2. The zero-order valence-electron chi connectivity index (χ0n) is 16.8. The van der Waals surface area contributed by atoms with Crippen molar-refractivity contribution in [1.82, 2.24) is 19.6 Å². The maximum Gasteiger partial charge on any atom is 0.343 e. The molecule has 0 bridgehead atoms. The van der Waals surface area contributed by atoms with E-state index in [2.05, 4.69) is 15.5 Å². The zero-order valence-corrected chi connectivity index (χ0v) is 17.5. The van der Waals surface area contributed by atoms with E-state index in [0.717, 1.165) is 5.69 Å². The molecule has 0 saturated heterocycles. The average Bonchev–Trinajstić information content (AvgIpc) is 2.96. The van der Waals surface area contributed by atoms with Crippen LogP contribution in [-0.2, 0) is 23.1 Å². The Balaban J connectivity index is 2.11. The van der Waals surface area contributed by atoms with Crippen LogP contribution in [0.3, 0.4) is 0 Å². The molecule has 9 heteroatoms. The highest BCUT2D eigenvalue weighted by Gasteiger charge is 2.26. The number of aryl methyl sites for hydroxylation is 3. The molecule has 0 radical (unpaired) electrons.